The van der Waals surface area contributed by atoms with Crippen LogP contribution in [0.4, 0.5) is 10.5 Å². The number of hydrogen-bond donors (Lipinski definition) is 3. The van der Waals surface area contributed by atoms with Crippen LogP contribution in [-0.2, 0) is 5.60 Å². The van der Waals surface area contributed by atoms with E-state index in [1.54, 1.807) is 13.0 Å². The molecular formula is C17H22N2O3S. The van der Waals surface area contributed by atoms with Crippen molar-refractivity contribution in [3.05, 3.63) is 46.2 Å². The molecule has 0 bridgehead atoms. The Hall–Kier alpha value is -2.05. The molecule has 3 N–H and O–H groups in total. The maximum Gasteiger partial charge on any atom is 0.319 e. The molecule has 6 heteroatoms. The summed E-state index contributed by atoms with van der Waals surface area (Å²) < 4.78 is 5.42. The van der Waals surface area contributed by atoms with Crippen LogP contribution < -0.4 is 15.4 Å². The van der Waals surface area contributed by atoms with Crippen molar-refractivity contribution in [2.75, 3.05) is 18.5 Å². The van der Waals surface area contributed by atoms with Crippen LogP contribution in [0, 0.1) is 6.92 Å². The highest BCUT2D eigenvalue weighted by Crippen LogP contribution is 2.23. The van der Waals surface area contributed by atoms with Crippen LogP contribution in [0.5, 0.6) is 5.75 Å². The fourth-order valence-electron chi connectivity index (χ4n) is 2.12. The number of rotatable bonds is 6. The van der Waals surface area contributed by atoms with Gasteiger partial charge in [-0.1, -0.05) is 0 Å². The lowest BCUT2D eigenvalue weighted by atomic mass is 9.99. The minimum absolute atomic E-state index is 0.131. The minimum atomic E-state index is -1.09. The lowest BCUT2D eigenvalue weighted by Gasteiger charge is -2.23. The van der Waals surface area contributed by atoms with Crippen molar-refractivity contribution in [2.24, 2.45) is 0 Å². The molecule has 2 aromatic rings. The number of nitrogens with one attached hydrogen (secondary N) is 2. The van der Waals surface area contributed by atoms with Crippen molar-refractivity contribution in [1.82, 2.24) is 5.32 Å². The summed E-state index contributed by atoms with van der Waals surface area (Å²) >= 11 is 1.51. The fourth-order valence-corrected chi connectivity index (χ4v) is 2.91. The van der Waals surface area contributed by atoms with E-state index in [1.165, 1.54) is 11.3 Å². The Balaban J connectivity index is 1.92. The molecule has 0 radical (unpaired) electrons. The molecular weight excluding hydrogens is 312 g/mol. The van der Waals surface area contributed by atoms with Crippen molar-refractivity contribution < 1.29 is 14.6 Å². The Morgan fingerprint density at radius 2 is 2.17 bits per heavy atom. The van der Waals surface area contributed by atoms with Crippen LogP contribution >= 0.6 is 11.3 Å². The third kappa shape index (κ3) is 4.71. The van der Waals surface area contributed by atoms with Crippen molar-refractivity contribution in [1.29, 1.82) is 0 Å². The average molecular weight is 334 g/mol. The Kier molecular flexibility index (Phi) is 5.63. The second-order valence-electron chi connectivity index (χ2n) is 5.50. The molecule has 5 nitrogen and oxygen atoms in total. The van der Waals surface area contributed by atoms with Crippen LogP contribution in [0.3, 0.4) is 0 Å². The van der Waals surface area contributed by atoms with Gasteiger partial charge in [0.15, 0.2) is 0 Å². The van der Waals surface area contributed by atoms with E-state index in [1.807, 2.05) is 42.8 Å². The standard InChI is InChI=1S/C17H22N2O3S/c1-4-22-14-5-6-15(12(2)9-14)19-16(20)18-11-17(3,21)13-7-8-23-10-13/h5-10,21H,4,11H2,1-3H3,(H2,18,19,20). The molecule has 0 aliphatic carbocycles. The quantitative estimate of drug-likeness (QED) is 0.757. The maximum absolute atomic E-state index is 12.0. The van der Waals surface area contributed by atoms with Gasteiger partial charge in [0.1, 0.15) is 11.4 Å². The van der Waals surface area contributed by atoms with E-state index in [-0.39, 0.29) is 12.6 Å². The first-order valence-electron chi connectivity index (χ1n) is 7.45. The zero-order valence-corrected chi connectivity index (χ0v) is 14.4. The summed E-state index contributed by atoms with van der Waals surface area (Å²) in [6.07, 6.45) is 0. The van der Waals surface area contributed by atoms with Gasteiger partial charge in [-0.15, -0.1) is 0 Å². The first-order chi connectivity index (χ1) is 10.9. The zero-order valence-electron chi connectivity index (χ0n) is 13.6. The largest absolute Gasteiger partial charge is 0.494 e. The summed E-state index contributed by atoms with van der Waals surface area (Å²) in [4.78, 5) is 12.0. The number of carbonyl (C=O) groups excluding carboxylic acids is 1. The molecule has 124 valence electrons. The van der Waals surface area contributed by atoms with Crippen molar-refractivity contribution in [3.8, 4) is 5.75 Å². The number of amides is 2. The predicted molar refractivity (Wildman–Crippen MR) is 93.3 cm³/mol. The molecule has 1 atom stereocenters. The predicted octanol–water partition coefficient (Wildman–Crippen LogP) is 3.48. The van der Waals surface area contributed by atoms with Gasteiger partial charge < -0.3 is 20.5 Å². The molecule has 0 aliphatic rings. The number of ether oxygens (including phenoxy) is 1. The highest BCUT2D eigenvalue weighted by atomic mass is 32.1. The number of carbonyl (C=O) groups is 1. The zero-order chi connectivity index (χ0) is 16.9. The molecule has 0 saturated heterocycles. The molecule has 0 spiro atoms. The second kappa shape index (κ2) is 7.48. The van der Waals surface area contributed by atoms with E-state index in [0.29, 0.717) is 12.3 Å². The topological polar surface area (TPSA) is 70.6 Å². The maximum atomic E-state index is 12.0. The third-order valence-corrected chi connectivity index (χ3v) is 4.18. The number of aliphatic hydroxyl groups is 1. The molecule has 0 fully saturated rings. The number of benzene rings is 1. The Morgan fingerprint density at radius 3 is 2.78 bits per heavy atom. The fraction of sp³-hybridized carbons (Fsp3) is 0.353. The summed E-state index contributed by atoms with van der Waals surface area (Å²) in [5.74, 6) is 0.774. The third-order valence-electron chi connectivity index (χ3n) is 3.49. The van der Waals surface area contributed by atoms with Crippen molar-refractivity contribution in [2.45, 2.75) is 26.4 Å². The molecule has 1 aromatic heterocycles. The molecule has 2 amide bonds. The minimum Gasteiger partial charge on any atom is -0.494 e. The van der Waals surface area contributed by atoms with Gasteiger partial charge in [-0.05, 0) is 66.9 Å². The smallest absolute Gasteiger partial charge is 0.319 e. The van der Waals surface area contributed by atoms with E-state index in [0.717, 1.165) is 16.9 Å². The molecule has 0 aliphatic heterocycles. The Morgan fingerprint density at radius 1 is 1.39 bits per heavy atom. The average Bonchev–Trinajstić information content (AvgIpc) is 3.04. The Labute approximate surface area is 140 Å². The van der Waals surface area contributed by atoms with Gasteiger partial charge in [0.25, 0.3) is 0 Å². The molecule has 1 aromatic carbocycles. The number of hydrogen-bond acceptors (Lipinski definition) is 4. The van der Waals surface area contributed by atoms with Gasteiger partial charge in [-0.25, -0.2) is 4.79 Å². The van der Waals surface area contributed by atoms with Crippen LogP contribution in [0.2, 0.25) is 0 Å². The number of aryl methyl sites for hydroxylation is 1. The van der Waals surface area contributed by atoms with Crippen LogP contribution in [-0.4, -0.2) is 24.3 Å². The van der Waals surface area contributed by atoms with Crippen LogP contribution in [0.25, 0.3) is 0 Å². The normalized spacial score (nSPS) is 13.2. The Bertz CT molecular complexity index is 654. The first-order valence-corrected chi connectivity index (χ1v) is 8.40. The second-order valence-corrected chi connectivity index (χ2v) is 6.28. The summed E-state index contributed by atoms with van der Waals surface area (Å²) in [6.45, 7) is 6.24. The molecule has 23 heavy (non-hydrogen) atoms. The number of thiophene rings is 1. The van der Waals surface area contributed by atoms with Gasteiger partial charge in [-0.3, -0.25) is 0 Å². The highest BCUT2D eigenvalue weighted by Gasteiger charge is 2.24. The van der Waals surface area contributed by atoms with E-state index in [4.69, 9.17) is 4.74 Å². The van der Waals surface area contributed by atoms with Gasteiger partial charge in [0.05, 0.1) is 13.2 Å². The molecule has 1 unspecified atom stereocenters. The van der Waals surface area contributed by atoms with Gasteiger partial charge in [-0.2, -0.15) is 11.3 Å². The molecule has 1 heterocycles. The summed E-state index contributed by atoms with van der Waals surface area (Å²) in [6, 6.07) is 6.99. The van der Waals surface area contributed by atoms with Crippen LogP contribution in [0.1, 0.15) is 25.0 Å². The first kappa shape index (κ1) is 17.3. The van der Waals surface area contributed by atoms with E-state index in [2.05, 4.69) is 10.6 Å². The molecule has 0 saturated carbocycles. The van der Waals surface area contributed by atoms with E-state index < -0.39 is 5.60 Å². The SMILES string of the molecule is CCOc1ccc(NC(=O)NCC(C)(O)c2ccsc2)c(C)c1. The lowest BCUT2D eigenvalue weighted by molar-refractivity contribution is 0.0604. The van der Waals surface area contributed by atoms with Gasteiger partial charge in [0, 0.05) is 5.69 Å². The van der Waals surface area contributed by atoms with Crippen molar-refractivity contribution in [3.63, 3.8) is 0 Å². The number of urea groups is 1. The summed E-state index contributed by atoms with van der Waals surface area (Å²) in [5.41, 5.74) is 1.32. The summed E-state index contributed by atoms with van der Waals surface area (Å²) in [7, 11) is 0. The van der Waals surface area contributed by atoms with Crippen LogP contribution in [0.15, 0.2) is 35.0 Å². The monoisotopic (exact) mass is 334 g/mol. The van der Waals surface area contributed by atoms with E-state index >= 15 is 0 Å². The van der Waals surface area contributed by atoms with Gasteiger partial charge in [0.2, 0.25) is 0 Å². The summed E-state index contributed by atoms with van der Waals surface area (Å²) in [5, 5.41) is 19.6. The number of anilines is 1. The van der Waals surface area contributed by atoms with Crippen molar-refractivity contribution >= 4 is 23.1 Å². The van der Waals surface area contributed by atoms with E-state index in [9.17, 15) is 9.90 Å². The lowest BCUT2D eigenvalue weighted by Crippen LogP contribution is -2.40. The van der Waals surface area contributed by atoms with Gasteiger partial charge >= 0.3 is 6.03 Å². The highest BCUT2D eigenvalue weighted by molar-refractivity contribution is 7.08. The molecule has 2 rings (SSSR count).